The summed E-state index contributed by atoms with van der Waals surface area (Å²) < 4.78 is 22.5. The van der Waals surface area contributed by atoms with E-state index in [0.29, 0.717) is 49.5 Å². The van der Waals surface area contributed by atoms with E-state index in [2.05, 4.69) is 23.8 Å². The highest BCUT2D eigenvalue weighted by molar-refractivity contribution is 6.11. The normalized spacial score (nSPS) is 20.9. The molecular formula is C39H44FN5O4. The molecule has 2 saturated heterocycles. The van der Waals surface area contributed by atoms with E-state index < -0.39 is 17.7 Å². The lowest BCUT2D eigenvalue weighted by atomic mass is 9.87. The number of pyridine rings is 2. The molecule has 0 bridgehead atoms. The summed E-state index contributed by atoms with van der Waals surface area (Å²) in [7, 11) is 0. The molecule has 3 fully saturated rings. The molecule has 0 spiro atoms. The summed E-state index contributed by atoms with van der Waals surface area (Å²) in [5, 5.41) is 0.792. The Balaban J connectivity index is 1.16. The zero-order valence-corrected chi connectivity index (χ0v) is 29.1. The van der Waals surface area contributed by atoms with Crippen molar-refractivity contribution in [2.45, 2.75) is 78.4 Å². The number of ketones is 1. The number of amides is 2. The molecule has 3 atom stereocenters. The van der Waals surface area contributed by atoms with Gasteiger partial charge in [-0.1, -0.05) is 13.8 Å². The van der Waals surface area contributed by atoms with Crippen molar-refractivity contribution in [3.05, 3.63) is 77.8 Å². The third-order valence-electron chi connectivity index (χ3n) is 10.4. The van der Waals surface area contributed by atoms with E-state index in [9.17, 15) is 18.8 Å². The van der Waals surface area contributed by atoms with Crippen LogP contribution in [0.1, 0.15) is 81.4 Å². The Morgan fingerprint density at radius 2 is 1.69 bits per heavy atom. The second-order valence-electron chi connectivity index (χ2n) is 15.2. The summed E-state index contributed by atoms with van der Waals surface area (Å²) >= 11 is 0. The van der Waals surface area contributed by atoms with Crippen molar-refractivity contribution in [1.82, 2.24) is 24.3 Å². The average molecular weight is 666 g/mol. The zero-order chi connectivity index (χ0) is 34.8. The first-order valence-electron chi connectivity index (χ1n) is 17.4. The summed E-state index contributed by atoms with van der Waals surface area (Å²) in [5.41, 5.74) is 4.84. The maximum Gasteiger partial charge on any atom is 0.410 e. The molecule has 5 heterocycles. The van der Waals surface area contributed by atoms with E-state index in [1.807, 2.05) is 49.3 Å². The number of nitrogens with zero attached hydrogens (tertiary/aromatic N) is 5. The molecule has 1 aliphatic carbocycles. The highest BCUT2D eigenvalue weighted by atomic mass is 19.1. The molecule has 256 valence electrons. The first-order valence-corrected chi connectivity index (χ1v) is 17.4. The van der Waals surface area contributed by atoms with Crippen molar-refractivity contribution in [2.75, 3.05) is 19.6 Å². The van der Waals surface area contributed by atoms with Gasteiger partial charge < -0.3 is 14.2 Å². The number of fused-ring (bicyclic) bond motifs is 2. The Morgan fingerprint density at radius 1 is 0.980 bits per heavy atom. The Labute approximate surface area is 286 Å². The average Bonchev–Trinajstić information content (AvgIpc) is 3.63. The number of carbonyl (C=O) groups excluding carboxylic acids is 3. The summed E-state index contributed by atoms with van der Waals surface area (Å²) in [6.45, 7) is 13.1. The molecule has 9 nitrogen and oxygen atoms in total. The number of hydrogen-bond donors (Lipinski definition) is 0. The van der Waals surface area contributed by atoms with Crippen molar-refractivity contribution < 1.29 is 23.5 Å². The van der Waals surface area contributed by atoms with Crippen molar-refractivity contribution in [3.8, 4) is 16.8 Å². The number of likely N-dealkylation sites (tertiary alicyclic amines) is 2. The lowest BCUT2D eigenvalue weighted by Gasteiger charge is -2.36. The number of hydrogen-bond acceptors (Lipinski definition) is 6. The van der Waals surface area contributed by atoms with Gasteiger partial charge in [-0.3, -0.25) is 24.5 Å². The summed E-state index contributed by atoms with van der Waals surface area (Å²) in [6.07, 6.45) is 8.56. The van der Waals surface area contributed by atoms with Gasteiger partial charge in [0, 0.05) is 71.9 Å². The van der Waals surface area contributed by atoms with Crippen molar-refractivity contribution in [2.24, 2.45) is 17.8 Å². The van der Waals surface area contributed by atoms with Crippen LogP contribution in [0, 0.1) is 30.5 Å². The molecule has 10 heteroatoms. The van der Waals surface area contributed by atoms with Crippen LogP contribution in [-0.2, 0) is 9.53 Å². The van der Waals surface area contributed by atoms with Crippen LogP contribution in [0.15, 0.2) is 55.1 Å². The number of carbonyl (C=O) groups is 3. The molecule has 3 aliphatic rings. The molecular weight excluding hydrogens is 621 g/mol. The first-order chi connectivity index (χ1) is 23.3. The van der Waals surface area contributed by atoms with Crippen molar-refractivity contribution in [3.63, 3.8) is 0 Å². The first kappa shape index (κ1) is 32.9. The number of rotatable bonds is 6. The van der Waals surface area contributed by atoms with Crippen LogP contribution >= 0.6 is 0 Å². The van der Waals surface area contributed by atoms with E-state index in [0.717, 1.165) is 39.8 Å². The third kappa shape index (κ3) is 5.99. The minimum atomic E-state index is -0.637. The molecule has 2 aliphatic heterocycles. The van der Waals surface area contributed by atoms with Gasteiger partial charge in [0.05, 0.1) is 17.4 Å². The monoisotopic (exact) mass is 665 g/mol. The molecule has 7 rings (SSSR count). The number of aromatic nitrogens is 3. The van der Waals surface area contributed by atoms with Crippen LogP contribution in [0.25, 0.3) is 27.7 Å². The molecule has 1 saturated carbocycles. The summed E-state index contributed by atoms with van der Waals surface area (Å²) in [4.78, 5) is 53.5. The Kier molecular flexibility index (Phi) is 8.32. The highest BCUT2D eigenvalue weighted by Gasteiger charge is 2.58. The van der Waals surface area contributed by atoms with Gasteiger partial charge in [0.2, 0.25) is 5.91 Å². The fourth-order valence-corrected chi connectivity index (χ4v) is 7.98. The van der Waals surface area contributed by atoms with Crippen molar-refractivity contribution in [1.29, 1.82) is 0 Å². The number of benzene rings is 1. The van der Waals surface area contributed by atoms with E-state index >= 15 is 0 Å². The minimum absolute atomic E-state index is 0.0333. The van der Waals surface area contributed by atoms with Crippen LogP contribution in [0.3, 0.4) is 0 Å². The number of Topliss-reactive ketones (excluding diaryl/α,β-unsaturated/α-hetero) is 1. The maximum absolute atomic E-state index is 14.9. The van der Waals surface area contributed by atoms with E-state index in [1.54, 1.807) is 35.8 Å². The maximum atomic E-state index is 14.9. The number of piperidine rings is 2. The molecule has 2 amide bonds. The van der Waals surface area contributed by atoms with E-state index in [4.69, 9.17) is 4.74 Å². The van der Waals surface area contributed by atoms with Crippen LogP contribution in [-0.4, -0.2) is 73.4 Å². The van der Waals surface area contributed by atoms with Gasteiger partial charge in [-0.05, 0) is 101 Å². The molecule has 49 heavy (non-hydrogen) atoms. The van der Waals surface area contributed by atoms with Gasteiger partial charge in [-0.2, -0.15) is 0 Å². The largest absolute Gasteiger partial charge is 0.444 e. The standard InChI is InChI=1S/C39H44FN5O4/c1-22(2)27-9-13-41-19-31(27)30-18-26(40)7-8-32(30)45-23(3)34(28-10-14-42-20-33(28)45)36(46)24-11-15-43(16-12-24)37(47)35-29-17-25(29)21-44(35)38(48)49-39(4,5)6/h7-10,13-14,18-20,22,24-25,29,35H,11-12,15-17,21H2,1-6H3/t25-,29-,35-/m0/s1. The minimum Gasteiger partial charge on any atom is -0.444 e. The lowest BCUT2D eigenvalue weighted by molar-refractivity contribution is -0.138. The molecule has 4 aromatic rings. The van der Waals surface area contributed by atoms with Gasteiger partial charge in [-0.15, -0.1) is 0 Å². The van der Waals surface area contributed by atoms with Gasteiger partial charge in [0.15, 0.2) is 5.78 Å². The summed E-state index contributed by atoms with van der Waals surface area (Å²) in [6, 6.07) is 8.07. The van der Waals surface area contributed by atoms with E-state index in [-0.39, 0.29) is 35.3 Å². The zero-order valence-electron chi connectivity index (χ0n) is 29.1. The van der Waals surface area contributed by atoms with Gasteiger partial charge in [0.1, 0.15) is 17.5 Å². The molecule has 0 unspecified atom stereocenters. The van der Waals surface area contributed by atoms with Crippen LogP contribution in [0.5, 0.6) is 0 Å². The Hall–Kier alpha value is -4.60. The van der Waals surface area contributed by atoms with Gasteiger partial charge in [-0.25, -0.2) is 9.18 Å². The van der Waals surface area contributed by atoms with Crippen LogP contribution < -0.4 is 0 Å². The number of halogens is 1. The Bertz CT molecular complexity index is 1950. The highest BCUT2D eigenvalue weighted by Crippen LogP contribution is 2.50. The molecule has 0 N–H and O–H groups in total. The SMILES string of the molecule is Cc1c(C(=O)C2CCN(C(=O)[C@@H]3[C@H]4C[C@H]4CN3C(=O)OC(C)(C)C)CC2)c2ccncc2n1-c1ccc(F)cc1-c1cnccc1C(C)C. The smallest absolute Gasteiger partial charge is 0.410 e. The van der Waals surface area contributed by atoms with E-state index in [1.165, 1.54) is 12.1 Å². The van der Waals surface area contributed by atoms with Crippen LogP contribution in [0.2, 0.25) is 0 Å². The Morgan fingerprint density at radius 3 is 2.41 bits per heavy atom. The second-order valence-corrected chi connectivity index (χ2v) is 15.2. The molecule has 1 aromatic carbocycles. The molecule has 0 radical (unpaired) electrons. The fourth-order valence-electron chi connectivity index (χ4n) is 7.98. The van der Waals surface area contributed by atoms with Gasteiger partial charge in [0.25, 0.3) is 0 Å². The number of ether oxygens (including phenoxy) is 1. The predicted molar refractivity (Wildman–Crippen MR) is 185 cm³/mol. The third-order valence-corrected chi connectivity index (χ3v) is 10.4. The predicted octanol–water partition coefficient (Wildman–Crippen LogP) is 7.34. The van der Waals surface area contributed by atoms with Crippen LogP contribution in [0.4, 0.5) is 9.18 Å². The fraction of sp³-hybridized carbons (Fsp3) is 0.462. The van der Waals surface area contributed by atoms with Gasteiger partial charge >= 0.3 is 6.09 Å². The molecule has 3 aromatic heterocycles. The second kappa shape index (κ2) is 12.4. The summed E-state index contributed by atoms with van der Waals surface area (Å²) in [5.74, 6) is 0.0898. The lowest BCUT2D eigenvalue weighted by Crippen LogP contribution is -2.52. The quantitative estimate of drug-likeness (QED) is 0.200. The van der Waals surface area contributed by atoms with Crippen molar-refractivity contribution >= 4 is 28.7 Å². The topological polar surface area (TPSA) is 97.6 Å².